The monoisotopic (exact) mass is 357 g/mol. The summed E-state index contributed by atoms with van der Waals surface area (Å²) in [7, 11) is 1.66. The third-order valence-electron chi connectivity index (χ3n) is 4.70. The van der Waals surface area contributed by atoms with E-state index < -0.39 is 0 Å². The van der Waals surface area contributed by atoms with Crippen molar-refractivity contribution < 1.29 is 4.74 Å². The highest BCUT2D eigenvalue weighted by molar-refractivity contribution is 5.86. The summed E-state index contributed by atoms with van der Waals surface area (Å²) in [5, 5.41) is 3.50. The topological polar surface area (TPSA) is 64.9 Å². The predicted molar refractivity (Wildman–Crippen MR) is 105 cm³/mol. The molecule has 2 aromatic carbocycles. The maximum atomic E-state index is 5.26. The van der Waals surface area contributed by atoms with E-state index in [-0.39, 0.29) is 0 Å². The average molecular weight is 357 g/mol. The van der Waals surface area contributed by atoms with Crippen molar-refractivity contribution >= 4 is 17.0 Å². The van der Waals surface area contributed by atoms with Crippen LogP contribution in [0.5, 0.6) is 5.75 Å². The van der Waals surface area contributed by atoms with Crippen molar-refractivity contribution in [1.29, 1.82) is 0 Å². The molecule has 0 amide bonds. The average Bonchev–Trinajstić information content (AvgIpc) is 3.44. The Hall–Kier alpha value is -3.41. The minimum absolute atomic E-state index is 0.480. The van der Waals surface area contributed by atoms with E-state index in [4.69, 9.17) is 14.7 Å². The molecule has 6 heteroatoms. The van der Waals surface area contributed by atoms with Gasteiger partial charge in [0.1, 0.15) is 12.1 Å². The van der Waals surface area contributed by atoms with Crippen molar-refractivity contribution in [3.05, 3.63) is 60.9 Å². The van der Waals surface area contributed by atoms with Crippen molar-refractivity contribution in [3.63, 3.8) is 0 Å². The number of benzene rings is 2. The van der Waals surface area contributed by atoms with Crippen LogP contribution in [-0.4, -0.2) is 32.7 Å². The van der Waals surface area contributed by atoms with Gasteiger partial charge < -0.3 is 10.1 Å². The molecule has 0 saturated heterocycles. The fourth-order valence-electron chi connectivity index (χ4n) is 3.07. The second-order valence-corrected chi connectivity index (χ2v) is 6.67. The van der Waals surface area contributed by atoms with Crippen LogP contribution < -0.4 is 10.1 Å². The van der Waals surface area contributed by atoms with Gasteiger partial charge in [-0.05, 0) is 49.2 Å². The fraction of sp³-hybridized carbons (Fsp3) is 0.190. The number of rotatable bonds is 5. The Bertz CT molecular complexity index is 1080. The molecule has 1 saturated carbocycles. The van der Waals surface area contributed by atoms with Crippen LogP contribution >= 0.6 is 0 Å². The first kappa shape index (κ1) is 15.8. The maximum absolute atomic E-state index is 5.26. The lowest BCUT2D eigenvalue weighted by molar-refractivity contribution is 0.415. The van der Waals surface area contributed by atoms with Crippen LogP contribution in [0.25, 0.3) is 28.2 Å². The van der Waals surface area contributed by atoms with E-state index in [0.717, 1.165) is 34.0 Å². The number of hydrogen-bond donors (Lipinski definition) is 1. The SMILES string of the molecule is COc1ccc(-c2nc(NC3CC3)c3ncn(-c4ccccc4)c3n2)cc1. The molecule has 1 aliphatic rings. The quantitative estimate of drug-likeness (QED) is 0.583. The molecule has 1 aliphatic carbocycles. The molecule has 4 aromatic rings. The standard InChI is InChI=1S/C21H19N5O/c1-27-17-11-7-14(8-12-17)19-24-20(23-15-9-10-15)18-21(25-19)26(13-22-18)16-5-3-2-4-6-16/h2-8,11-13,15H,9-10H2,1H3,(H,23,24,25). The first-order valence-electron chi connectivity index (χ1n) is 9.03. The summed E-state index contributed by atoms with van der Waals surface area (Å²) in [6.07, 6.45) is 4.15. The number of hydrogen-bond acceptors (Lipinski definition) is 5. The molecule has 5 rings (SSSR count). The van der Waals surface area contributed by atoms with Crippen LogP contribution in [0.2, 0.25) is 0 Å². The zero-order chi connectivity index (χ0) is 18.2. The number of para-hydroxylation sites is 1. The van der Waals surface area contributed by atoms with Crippen molar-refractivity contribution in [1.82, 2.24) is 19.5 Å². The predicted octanol–water partition coefficient (Wildman–Crippen LogP) is 4.07. The van der Waals surface area contributed by atoms with Crippen LogP contribution in [-0.2, 0) is 0 Å². The van der Waals surface area contributed by atoms with Gasteiger partial charge in [0.25, 0.3) is 0 Å². The van der Waals surface area contributed by atoms with Crippen molar-refractivity contribution in [3.8, 4) is 22.8 Å². The molecule has 27 heavy (non-hydrogen) atoms. The van der Waals surface area contributed by atoms with Gasteiger partial charge in [0, 0.05) is 17.3 Å². The van der Waals surface area contributed by atoms with Gasteiger partial charge in [0.05, 0.1) is 7.11 Å². The van der Waals surface area contributed by atoms with E-state index >= 15 is 0 Å². The highest BCUT2D eigenvalue weighted by Crippen LogP contribution is 2.30. The van der Waals surface area contributed by atoms with Crippen LogP contribution in [0, 0.1) is 0 Å². The molecule has 0 aliphatic heterocycles. The summed E-state index contributed by atoms with van der Waals surface area (Å²) in [5.41, 5.74) is 3.56. The number of aromatic nitrogens is 4. The van der Waals surface area contributed by atoms with E-state index in [1.807, 2.05) is 65.5 Å². The Morgan fingerprint density at radius 2 is 1.78 bits per heavy atom. The van der Waals surface area contributed by atoms with Crippen LogP contribution in [0.4, 0.5) is 5.82 Å². The first-order chi connectivity index (χ1) is 13.3. The molecule has 1 fully saturated rings. The third kappa shape index (κ3) is 2.99. The van der Waals surface area contributed by atoms with E-state index in [1.54, 1.807) is 7.11 Å². The number of anilines is 1. The molecule has 0 radical (unpaired) electrons. The molecular weight excluding hydrogens is 338 g/mol. The highest BCUT2D eigenvalue weighted by atomic mass is 16.5. The van der Waals surface area contributed by atoms with Gasteiger partial charge in [-0.15, -0.1) is 0 Å². The van der Waals surface area contributed by atoms with Crippen molar-refractivity contribution in [2.45, 2.75) is 18.9 Å². The molecule has 0 spiro atoms. The molecular formula is C21H19N5O. The summed E-state index contributed by atoms with van der Waals surface area (Å²) < 4.78 is 7.26. The maximum Gasteiger partial charge on any atom is 0.170 e. The summed E-state index contributed by atoms with van der Waals surface area (Å²) in [4.78, 5) is 14.2. The zero-order valence-corrected chi connectivity index (χ0v) is 15.0. The summed E-state index contributed by atoms with van der Waals surface area (Å²) in [6.45, 7) is 0. The number of nitrogens with zero attached hydrogens (tertiary/aromatic N) is 4. The number of fused-ring (bicyclic) bond motifs is 1. The van der Waals surface area contributed by atoms with Gasteiger partial charge in [-0.3, -0.25) is 4.57 Å². The molecule has 2 aromatic heterocycles. The van der Waals surface area contributed by atoms with E-state index in [1.165, 1.54) is 12.8 Å². The van der Waals surface area contributed by atoms with Gasteiger partial charge in [0.2, 0.25) is 0 Å². The van der Waals surface area contributed by atoms with Gasteiger partial charge in [-0.1, -0.05) is 18.2 Å². The molecule has 0 unspecified atom stereocenters. The number of methoxy groups -OCH3 is 1. The lowest BCUT2D eigenvalue weighted by atomic mass is 10.2. The van der Waals surface area contributed by atoms with Crippen LogP contribution in [0.1, 0.15) is 12.8 Å². The molecule has 1 N–H and O–H groups in total. The highest BCUT2D eigenvalue weighted by Gasteiger charge is 2.24. The largest absolute Gasteiger partial charge is 0.497 e. The van der Waals surface area contributed by atoms with E-state index in [2.05, 4.69) is 10.3 Å². The second kappa shape index (κ2) is 6.39. The molecule has 0 atom stereocenters. The molecule has 134 valence electrons. The minimum atomic E-state index is 0.480. The first-order valence-corrected chi connectivity index (χ1v) is 9.03. The summed E-state index contributed by atoms with van der Waals surface area (Å²) in [6, 6.07) is 18.4. The number of imidazole rings is 1. The Morgan fingerprint density at radius 1 is 1.00 bits per heavy atom. The van der Waals surface area contributed by atoms with Crippen LogP contribution in [0.15, 0.2) is 60.9 Å². The lowest BCUT2D eigenvalue weighted by Crippen LogP contribution is -2.06. The third-order valence-corrected chi connectivity index (χ3v) is 4.70. The summed E-state index contributed by atoms with van der Waals surface area (Å²) in [5.74, 6) is 2.28. The van der Waals surface area contributed by atoms with Crippen LogP contribution in [0.3, 0.4) is 0 Å². The zero-order valence-electron chi connectivity index (χ0n) is 15.0. The molecule has 0 bridgehead atoms. The molecule has 6 nitrogen and oxygen atoms in total. The van der Waals surface area contributed by atoms with Crippen molar-refractivity contribution in [2.75, 3.05) is 12.4 Å². The van der Waals surface area contributed by atoms with Gasteiger partial charge in [0.15, 0.2) is 22.8 Å². The van der Waals surface area contributed by atoms with Gasteiger partial charge in [-0.25, -0.2) is 15.0 Å². The Labute approximate surface area is 156 Å². The molecule has 2 heterocycles. The minimum Gasteiger partial charge on any atom is -0.497 e. The van der Waals surface area contributed by atoms with Gasteiger partial charge >= 0.3 is 0 Å². The lowest BCUT2D eigenvalue weighted by Gasteiger charge is -2.09. The summed E-state index contributed by atoms with van der Waals surface area (Å²) >= 11 is 0. The van der Waals surface area contributed by atoms with E-state index in [0.29, 0.717) is 11.9 Å². The number of ether oxygens (including phenoxy) is 1. The smallest absolute Gasteiger partial charge is 0.170 e. The van der Waals surface area contributed by atoms with Gasteiger partial charge in [-0.2, -0.15) is 0 Å². The number of nitrogens with one attached hydrogen (secondary N) is 1. The van der Waals surface area contributed by atoms with Crippen molar-refractivity contribution in [2.24, 2.45) is 0 Å². The Morgan fingerprint density at radius 3 is 2.48 bits per heavy atom. The fourth-order valence-corrected chi connectivity index (χ4v) is 3.07. The Balaban J connectivity index is 1.68. The normalized spacial score (nSPS) is 13.7. The Kier molecular flexibility index (Phi) is 3.74. The second-order valence-electron chi connectivity index (χ2n) is 6.67. The van der Waals surface area contributed by atoms with E-state index in [9.17, 15) is 0 Å².